The minimum Gasteiger partial charge on any atom is -0.370 e. The van der Waals surface area contributed by atoms with Crippen LogP contribution >= 0.6 is 0 Å². The van der Waals surface area contributed by atoms with E-state index in [9.17, 15) is 52.7 Å². The number of aliphatic imine (C=N–C) groups is 4. The van der Waals surface area contributed by atoms with Crippen LogP contribution in [-0.2, 0) is 68.7 Å². The summed E-state index contributed by atoms with van der Waals surface area (Å²) in [5.41, 5.74) is 56.6. The van der Waals surface area contributed by atoms with Gasteiger partial charge in [-0.2, -0.15) is 0 Å². The van der Waals surface area contributed by atoms with Crippen LogP contribution in [0, 0.1) is 17.8 Å². The molecule has 0 aromatic heterocycles. The number of hydrogen-bond acceptors (Lipinski definition) is 18. The van der Waals surface area contributed by atoms with Crippen molar-refractivity contribution in [2.24, 2.45) is 95.1 Å². The van der Waals surface area contributed by atoms with Gasteiger partial charge in [0, 0.05) is 52.6 Å². The Bertz CT molecular complexity index is 3300. The lowest BCUT2D eigenvalue weighted by molar-refractivity contribution is -0.148. The van der Waals surface area contributed by atoms with Crippen molar-refractivity contribution in [3.63, 3.8) is 0 Å². The highest BCUT2D eigenvalue weighted by Crippen LogP contribution is 2.27. The van der Waals surface area contributed by atoms with Crippen LogP contribution in [0.15, 0.2) is 50.3 Å². The molecular formula is C70H122N26O13. The molecule has 1 aromatic carbocycles. The number of carbonyl (C=O) groups excluding carboxylic acids is 13. The first-order valence-electron chi connectivity index (χ1n) is 37.4. The summed E-state index contributed by atoms with van der Waals surface area (Å²) >= 11 is 0. The maximum absolute atomic E-state index is 15.1. The summed E-state index contributed by atoms with van der Waals surface area (Å²) < 4.78 is 0. The molecule has 0 radical (unpaired) electrons. The first kappa shape index (κ1) is 92.6. The molecule has 0 unspecified atom stereocenters. The third-order valence-electron chi connectivity index (χ3n) is 17.9. The lowest BCUT2D eigenvalue weighted by atomic mass is 9.99. The Balaban J connectivity index is 1.97. The predicted octanol–water partition coefficient (Wildman–Crippen LogP) is -5.71. The van der Waals surface area contributed by atoms with Gasteiger partial charge in [0.1, 0.15) is 66.5 Å². The van der Waals surface area contributed by atoms with Crippen molar-refractivity contribution in [1.29, 1.82) is 0 Å². The largest absolute Gasteiger partial charge is 0.370 e. The average molecular weight is 1540 g/mol. The number of nitrogens with zero attached hydrogens (tertiary/aromatic N) is 6. The minimum atomic E-state index is -1.41. The van der Waals surface area contributed by atoms with Gasteiger partial charge in [0.2, 0.25) is 76.8 Å². The summed E-state index contributed by atoms with van der Waals surface area (Å²) in [6, 6.07) is -5.08. The summed E-state index contributed by atoms with van der Waals surface area (Å²) in [5.74, 6) is -11.2. The number of guanidine groups is 4. The highest BCUT2D eigenvalue weighted by atomic mass is 16.2. The van der Waals surface area contributed by atoms with Crippen molar-refractivity contribution in [3.05, 3.63) is 35.9 Å². The van der Waals surface area contributed by atoms with Crippen LogP contribution in [-0.4, -0.2) is 229 Å². The second-order valence-electron chi connectivity index (χ2n) is 28.5. The van der Waals surface area contributed by atoms with Gasteiger partial charge in [-0.15, -0.1) is 0 Å². The van der Waals surface area contributed by atoms with E-state index in [-0.39, 0.29) is 165 Å². The van der Waals surface area contributed by atoms with Crippen molar-refractivity contribution < 1.29 is 62.3 Å². The number of rotatable bonds is 49. The van der Waals surface area contributed by atoms with Crippen LogP contribution in [0.3, 0.4) is 0 Å². The Labute approximate surface area is 637 Å². The van der Waals surface area contributed by atoms with Crippen molar-refractivity contribution >= 4 is 101 Å². The molecule has 39 nitrogen and oxygen atoms in total. The van der Waals surface area contributed by atoms with Crippen LogP contribution in [0.25, 0.3) is 0 Å². The van der Waals surface area contributed by atoms with E-state index in [0.29, 0.717) is 37.8 Å². The molecule has 0 saturated carbocycles. The molecule has 0 bridgehead atoms. The van der Waals surface area contributed by atoms with Crippen molar-refractivity contribution in [3.8, 4) is 0 Å². The molecule has 39 heteroatoms. The zero-order chi connectivity index (χ0) is 81.4. The SMILES string of the molecule is CC(=O)NCC(=O)N[C@@H](CCCCN)C(=O)N[C@@H](Cc1ccccc1)C(=O)N[C@@H](CC(C)C)C(=O)N[C@@H](CCCN=C(N)N)C(=O)N1CCC[C@H]1C(=O)N1CCC[C@H]1C(=O)N[C@@H](CC(C)C)C(=O)N[C@@H](CCCN=C(N)N)C(=O)N[C@@H](CCCN=C(N)N)C(=O)N[C@H](C(=O)N[C@@H](CCCN=C(N)N)C(N)=O)C(C)C. The molecule has 2 saturated heterocycles. The summed E-state index contributed by atoms with van der Waals surface area (Å²) in [4.78, 5) is 202. The van der Waals surface area contributed by atoms with E-state index in [0.717, 1.165) is 0 Å². The molecule has 2 aliphatic rings. The molecule has 2 heterocycles. The predicted molar refractivity (Wildman–Crippen MR) is 411 cm³/mol. The molecule has 3 rings (SSSR count). The summed E-state index contributed by atoms with van der Waals surface area (Å²) in [6.45, 7) is 12.1. The molecule has 0 aliphatic carbocycles. The molecule has 0 spiro atoms. The van der Waals surface area contributed by atoms with E-state index in [1.807, 2.05) is 13.8 Å². The number of nitrogens with two attached hydrogens (primary N) is 10. The van der Waals surface area contributed by atoms with E-state index in [4.69, 9.17) is 57.3 Å². The van der Waals surface area contributed by atoms with Gasteiger partial charge in [0.05, 0.1) is 6.54 Å². The number of likely N-dealkylation sites (tertiary alicyclic amines) is 2. The van der Waals surface area contributed by atoms with Gasteiger partial charge < -0.3 is 120 Å². The van der Waals surface area contributed by atoms with Gasteiger partial charge in [-0.1, -0.05) is 71.9 Å². The fourth-order valence-electron chi connectivity index (χ4n) is 12.4. The zero-order valence-corrected chi connectivity index (χ0v) is 64.1. The number of amides is 13. The van der Waals surface area contributed by atoms with Crippen LogP contribution < -0.4 is 111 Å². The zero-order valence-electron chi connectivity index (χ0n) is 64.1. The fraction of sp³-hybridized carbons (Fsp3) is 0.671. The highest BCUT2D eigenvalue weighted by molar-refractivity contribution is 6.00. The maximum atomic E-state index is 15.1. The lowest BCUT2D eigenvalue weighted by Gasteiger charge is -2.34. The van der Waals surface area contributed by atoms with E-state index in [1.165, 1.54) is 16.7 Å². The molecule has 13 amide bonds. The summed E-state index contributed by atoms with van der Waals surface area (Å²) in [7, 11) is 0. The fourth-order valence-corrected chi connectivity index (χ4v) is 12.4. The summed E-state index contributed by atoms with van der Waals surface area (Å²) in [6.07, 6.45) is 2.71. The second kappa shape index (κ2) is 48.6. The smallest absolute Gasteiger partial charge is 0.246 e. The summed E-state index contributed by atoms with van der Waals surface area (Å²) in [5, 5.41) is 27.0. The lowest BCUT2D eigenvalue weighted by Crippen LogP contribution is -2.61. The number of nitrogens with one attached hydrogen (secondary N) is 10. The van der Waals surface area contributed by atoms with Gasteiger partial charge in [-0.25, -0.2) is 0 Å². The van der Waals surface area contributed by atoms with E-state index in [1.54, 1.807) is 58.0 Å². The molecule has 2 fully saturated rings. The molecule has 109 heavy (non-hydrogen) atoms. The molecule has 1 aromatic rings. The van der Waals surface area contributed by atoms with Gasteiger partial charge in [0.15, 0.2) is 23.8 Å². The number of hydrogen-bond donors (Lipinski definition) is 20. The average Bonchev–Trinajstić information content (AvgIpc) is 1.67. The molecular weight excluding hydrogens is 1410 g/mol. The quantitative estimate of drug-likeness (QED) is 0.0164. The monoisotopic (exact) mass is 1530 g/mol. The standard InChI is InChI=1S/C70H122N26O13/c1-39(2)35-49(91-62(105)51(37-43-19-9-8-10-20-43)92-57(100)45(21-11-12-28-71)86-54(98)38-85-42(7)97)61(104)90-48(25-16-32-84-70(79)80)65(108)96-34-18-27-53(96)66(109)95-33-17-26-52(95)63(106)93-50(36-40(3)4)60(103)89-46(23-14-30-82-68(75)76)58(101)88-47(24-15-31-83-69(77)78)59(102)94-55(41(5)6)64(107)87-44(56(72)99)22-13-29-81-67(73)74/h8-10,19-20,39-41,44-53,55H,11-18,21-38,71H2,1-7H3,(H2,72,99)(H,85,97)(H,86,98)(H,87,107)(H,88,101)(H,89,103)(H,90,104)(H,91,105)(H,92,100)(H,93,106)(H,94,102)(H4,73,74,81)(H4,75,76,82)(H4,77,78,83)(H4,79,80,84)/t44-,45-,46-,47-,48-,49-,50-,51-,52-,53-,55-/m0/s1. The van der Waals surface area contributed by atoms with Crippen LogP contribution in [0.4, 0.5) is 0 Å². The Kier molecular flexibility index (Phi) is 41.3. The van der Waals surface area contributed by atoms with Crippen LogP contribution in [0.1, 0.15) is 163 Å². The van der Waals surface area contributed by atoms with Crippen molar-refractivity contribution in [2.75, 3.05) is 52.4 Å². The van der Waals surface area contributed by atoms with E-state index < -0.39 is 156 Å². The van der Waals surface area contributed by atoms with Crippen LogP contribution in [0.5, 0.6) is 0 Å². The van der Waals surface area contributed by atoms with E-state index in [2.05, 4.69) is 73.1 Å². The minimum absolute atomic E-state index is 0.0131. The third-order valence-corrected chi connectivity index (χ3v) is 17.9. The van der Waals surface area contributed by atoms with Gasteiger partial charge in [-0.3, -0.25) is 82.3 Å². The van der Waals surface area contributed by atoms with Crippen LogP contribution in [0.2, 0.25) is 0 Å². The van der Waals surface area contributed by atoms with Gasteiger partial charge in [0.25, 0.3) is 0 Å². The third kappa shape index (κ3) is 34.9. The number of carbonyl (C=O) groups is 13. The maximum Gasteiger partial charge on any atom is 0.246 e. The number of unbranched alkanes of at least 4 members (excludes halogenated alkanes) is 1. The van der Waals surface area contributed by atoms with Crippen molar-refractivity contribution in [1.82, 2.24) is 63.0 Å². The van der Waals surface area contributed by atoms with Gasteiger partial charge >= 0.3 is 0 Å². The van der Waals surface area contributed by atoms with E-state index >= 15 is 9.59 Å². The Morgan fingerprint density at radius 3 is 1.30 bits per heavy atom. The first-order chi connectivity index (χ1) is 51.5. The molecule has 610 valence electrons. The Morgan fingerprint density at radius 2 is 0.835 bits per heavy atom. The number of benzene rings is 1. The second-order valence-corrected chi connectivity index (χ2v) is 28.5. The highest BCUT2D eigenvalue weighted by Gasteiger charge is 2.45. The molecule has 11 atom stereocenters. The Morgan fingerprint density at radius 1 is 0.440 bits per heavy atom. The Hall–Kier alpha value is -10.6. The topological polar surface area (TPSA) is 658 Å². The normalized spacial score (nSPS) is 16.4. The molecule has 30 N–H and O–H groups in total. The first-order valence-corrected chi connectivity index (χ1v) is 37.4. The van der Waals surface area contributed by atoms with Gasteiger partial charge in [-0.05, 0) is 139 Å². The molecule has 2 aliphatic heterocycles. The van der Waals surface area contributed by atoms with Crippen molar-refractivity contribution in [2.45, 2.75) is 231 Å². The number of primary amides is 1.